The number of aromatic hydroxyl groups is 1. The van der Waals surface area contributed by atoms with Gasteiger partial charge in [0.05, 0.1) is 22.5 Å². The number of aryl methyl sites for hydroxylation is 1. The Bertz CT molecular complexity index is 1390. The van der Waals surface area contributed by atoms with Gasteiger partial charge in [-0.3, -0.25) is 19.3 Å². The highest BCUT2D eigenvalue weighted by Crippen LogP contribution is 2.68. The highest BCUT2D eigenvalue weighted by atomic mass is 32.2. The van der Waals surface area contributed by atoms with Gasteiger partial charge in [-0.2, -0.15) is 0 Å². The number of hydrogen-bond acceptors (Lipinski definition) is 6. The van der Waals surface area contributed by atoms with Gasteiger partial charge in [-0.15, -0.1) is 11.8 Å². The van der Waals surface area contributed by atoms with Crippen LogP contribution < -0.4 is 9.77 Å². The third-order valence-corrected chi connectivity index (χ3v) is 10.9. The van der Waals surface area contributed by atoms with Gasteiger partial charge >= 0.3 is 4.87 Å². The molecule has 1 aromatic heterocycles. The number of thiazole rings is 1. The summed E-state index contributed by atoms with van der Waals surface area (Å²) < 4.78 is 0. The molecule has 2 bridgehead atoms. The van der Waals surface area contributed by atoms with Gasteiger partial charge in [0.25, 0.3) is 0 Å². The zero-order valence-electron chi connectivity index (χ0n) is 18.3. The van der Waals surface area contributed by atoms with Gasteiger partial charge in [-0.1, -0.05) is 41.2 Å². The molecular weight excluding hydrogens is 468 g/mol. The molecule has 2 N–H and O–H groups in total. The molecule has 2 aromatic carbocycles. The van der Waals surface area contributed by atoms with Gasteiger partial charge in [0, 0.05) is 16.0 Å². The van der Waals surface area contributed by atoms with E-state index in [4.69, 9.17) is 0 Å². The molecular formula is C26H22N2O4S2. The second-order valence-corrected chi connectivity index (χ2v) is 12.1. The molecule has 2 aliphatic heterocycles. The first-order chi connectivity index (χ1) is 16.4. The molecule has 0 spiro atoms. The summed E-state index contributed by atoms with van der Waals surface area (Å²) in [5, 5.41) is 10.9. The Morgan fingerprint density at radius 2 is 1.62 bits per heavy atom. The summed E-state index contributed by atoms with van der Waals surface area (Å²) in [7, 11) is 0. The number of hydrogen-bond donors (Lipinski definition) is 2. The van der Waals surface area contributed by atoms with Crippen molar-refractivity contribution in [3.05, 3.63) is 74.2 Å². The maximum atomic E-state index is 13.7. The van der Waals surface area contributed by atoms with E-state index in [1.54, 1.807) is 23.9 Å². The van der Waals surface area contributed by atoms with E-state index in [1.165, 1.54) is 16.2 Å². The lowest BCUT2D eigenvalue weighted by molar-refractivity contribution is -0.123. The number of nitrogens with zero attached hydrogens (tertiary/aromatic N) is 1. The number of aromatic amines is 1. The minimum atomic E-state index is -0.308. The number of benzene rings is 2. The highest BCUT2D eigenvalue weighted by Gasteiger charge is 2.69. The topological polar surface area (TPSA) is 90.5 Å². The molecule has 2 saturated carbocycles. The Labute approximate surface area is 204 Å². The predicted octanol–water partition coefficient (Wildman–Crippen LogP) is 4.13. The number of anilines is 1. The van der Waals surface area contributed by atoms with Crippen molar-refractivity contribution in [1.82, 2.24) is 4.98 Å². The van der Waals surface area contributed by atoms with Gasteiger partial charge in [0.2, 0.25) is 11.8 Å². The molecule has 34 heavy (non-hydrogen) atoms. The number of carbonyl (C=O) groups is 2. The number of carbonyl (C=O) groups excluding carboxylic acids is 2. The fraction of sp³-hybridized carbons (Fsp3) is 0.346. The van der Waals surface area contributed by atoms with Crippen molar-refractivity contribution in [3.63, 3.8) is 0 Å². The number of fused-ring (bicyclic) bond motifs is 9. The van der Waals surface area contributed by atoms with E-state index in [0.717, 1.165) is 27.5 Å². The van der Waals surface area contributed by atoms with Crippen LogP contribution in [-0.2, 0) is 9.59 Å². The third kappa shape index (κ3) is 2.66. The summed E-state index contributed by atoms with van der Waals surface area (Å²) in [6, 6.07) is 14.8. The van der Waals surface area contributed by atoms with Crippen molar-refractivity contribution < 1.29 is 14.7 Å². The lowest BCUT2D eigenvalue weighted by Crippen LogP contribution is -2.42. The number of phenols is 1. The largest absolute Gasteiger partial charge is 0.508 e. The summed E-state index contributed by atoms with van der Waals surface area (Å²) in [5.41, 5.74) is 2.78. The molecule has 172 valence electrons. The molecule has 0 unspecified atom stereocenters. The molecule has 0 radical (unpaired) electrons. The standard InChI is InChI=1S/C26H22N2O4S2/c1-11-2-6-13(7-3-11)28-24(30)19-15-10-16(20(19)25(28)31)21-18(15)17(12-4-8-14(29)9-5-12)22-23(33-21)27-26(32)34-22/h2-9,15-21,29H,10H2,1H3,(H,27,32)/t15-,16-,17-,18-,19-,20-,21+/m0/s1. The van der Waals surface area contributed by atoms with Crippen LogP contribution in [0.3, 0.4) is 0 Å². The minimum Gasteiger partial charge on any atom is -0.508 e. The van der Waals surface area contributed by atoms with Gasteiger partial charge in [0.15, 0.2) is 0 Å². The lowest BCUT2D eigenvalue weighted by Gasteiger charge is -2.43. The molecule has 3 aromatic rings. The summed E-state index contributed by atoms with van der Waals surface area (Å²) in [6.45, 7) is 1.99. The molecule has 3 heterocycles. The Morgan fingerprint density at radius 3 is 2.32 bits per heavy atom. The maximum Gasteiger partial charge on any atom is 0.305 e. The molecule has 6 nitrogen and oxygen atoms in total. The van der Waals surface area contributed by atoms with Gasteiger partial charge in [-0.25, -0.2) is 0 Å². The quantitative estimate of drug-likeness (QED) is 0.527. The van der Waals surface area contributed by atoms with E-state index in [2.05, 4.69) is 4.98 Å². The number of amides is 2. The highest BCUT2D eigenvalue weighted by molar-refractivity contribution is 8.00. The number of phenolic OH excluding ortho intramolecular Hbond substituents is 1. The third-order valence-electron chi connectivity index (χ3n) is 8.27. The van der Waals surface area contributed by atoms with Crippen LogP contribution in [0.4, 0.5) is 5.69 Å². The van der Waals surface area contributed by atoms with Crippen LogP contribution in [0.25, 0.3) is 0 Å². The van der Waals surface area contributed by atoms with Crippen molar-refractivity contribution in [2.75, 3.05) is 4.90 Å². The van der Waals surface area contributed by atoms with Gasteiger partial charge in [0.1, 0.15) is 5.75 Å². The van der Waals surface area contributed by atoms with Crippen LogP contribution in [0.1, 0.15) is 28.3 Å². The molecule has 7 rings (SSSR count). The first kappa shape index (κ1) is 20.5. The Morgan fingerprint density at radius 1 is 0.941 bits per heavy atom. The number of imide groups is 1. The summed E-state index contributed by atoms with van der Waals surface area (Å²) >= 11 is 2.93. The van der Waals surface area contributed by atoms with Crippen molar-refractivity contribution in [2.45, 2.75) is 29.5 Å². The number of rotatable bonds is 2. The SMILES string of the molecule is Cc1ccc(N2C(=O)[C@H]3[C@@H]4C[C@H]([C@@H]3C2=O)[C@H]2[C@H](c3ccc(O)cc3)c3sc(=O)[nH]c3S[C@H]42)cc1. The van der Waals surface area contributed by atoms with Gasteiger partial charge in [-0.05, 0) is 60.9 Å². The van der Waals surface area contributed by atoms with E-state index in [-0.39, 0.29) is 63.2 Å². The predicted molar refractivity (Wildman–Crippen MR) is 130 cm³/mol. The van der Waals surface area contributed by atoms with Crippen molar-refractivity contribution >= 4 is 40.6 Å². The first-order valence-corrected chi connectivity index (χ1v) is 13.2. The Balaban J connectivity index is 1.32. The minimum absolute atomic E-state index is 0.0296. The molecule has 1 saturated heterocycles. The average Bonchev–Trinajstić information content (AvgIpc) is 3.54. The summed E-state index contributed by atoms with van der Waals surface area (Å²) in [5.74, 6) is -0.226. The van der Waals surface area contributed by atoms with E-state index < -0.39 is 0 Å². The van der Waals surface area contributed by atoms with Crippen LogP contribution in [0, 0.1) is 36.5 Å². The fourth-order valence-electron chi connectivity index (χ4n) is 7.02. The summed E-state index contributed by atoms with van der Waals surface area (Å²) in [6.07, 6.45) is 0.866. The molecule has 8 heteroatoms. The second-order valence-electron chi connectivity index (χ2n) is 9.90. The van der Waals surface area contributed by atoms with E-state index in [9.17, 15) is 19.5 Å². The van der Waals surface area contributed by atoms with E-state index in [1.807, 2.05) is 43.3 Å². The molecule has 7 atom stereocenters. The lowest BCUT2D eigenvalue weighted by atomic mass is 9.68. The molecule has 2 aliphatic carbocycles. The zero-order chi connectivity index (χ0) is 23.3. The van der Waals surface area contributed by atoms with Crippen LogP contribution in [-0.4, -0.2) is 27.2 Å². The van der Waals surface area contributed by atoms with Gasteiger partial charge < -0.3 is 10.1 Å². The first-order valence-electron chi connectivity index (χ1n) is 11.6. The average molecular weight is 491 g/mol. The number of thioether (sulfide) groups is 1. The van der Waals surface area contributed by atoms with Crippen LogP contribution in [0.2, 0.25) is 0 Å². The molecule has 2 amide bonds. The van der Waals surface area contributed by atoms with Crippen molar-refractivity contribution in [3.8, 4) is 5.75 Å². The van der Waals surface area contributed by atoms with Crippen LogP contribution in [0.15, 0.2) is 58.4 Å². The fourth-order valence-corrected chi connectivity index (χ4v) is 9.91. The zero-order valence-corrected chi connectivity index (χ0v) is 19.9. The van der Waals surface area contributed by atoms with Crippen molar-refractivity contribution in [1.29, 1.82) is 0 Å². The second kappa shape index (κ2) is 7.09. The van der Waals surface area contributed by atoms with Crippen LogP contribution >= 0.6 is 23.1 Å². The number of H-pyrrole nitrogens is 1. The summed E-state index contributed by atoms with van der Waals surface area (Å²) in [4.78, 5) is 45.0. The monoisotopic (exact) mass is 490 g/mol. The van der Waals surface area contributed by atoms with Crippen LogP contribution in [0.5, 0.6) is 5.75 Å². The Hall–Kier alpha value is -2.84. The number of nitrogens with one attached hydrogen (secondary N) is 1. The normalized spacial score (nSPS) is 33.2. The molecule has 4 aliphatic rings. The van der Waals surface area contributed by atoms with E-state index >= 15 is 0 Å². The smallest absolute Gasteiger partial charge is 0.305 e. The number of aromatic nitrogens is 1. The van der Waals surface area contributed by atoms with E-state index in [0.29, 0.717) is 5.69 Å². The maximum absolute atomic E-state index is 13.7. The molecule has 3 fully saturated rings. The Kier molecular flexibility index (Phi) is 4.28. The van der Waals surface area contributed by atoms with Crippen molar-refractivity contribution in [2.24, 2.45) is 29.6 Å².